The smallest absolute Gasteiger partial charge is 0.460 e. The number of alkyl halides is 7. The Labute approximate surface area is 86.2 Å². The highest BCUT2D eigenvalue weighted by molar-refractivity contribution is 14.1. The molecule has 0 rings (SSSR count). The Hall–Kier alpha value is -0.260. The van der Waals surface area contributed by atoms with Gasteiger partial charge in [0.1, 0.15) is 0 Å². The number of rotatable bonds is 4. The van der Waals surface area contributed by atoms with E-state index in [1.165, 1.54) is 0 Å². The van der Waals surface area contributed by atoms with Gasteiger partial charge in [0.2, 0.25) is 0 Å². The quantitative estimate of drug-likeness (QED) is 0.486. The summed E-state index contributed by atoms with van der Waals surface area (Å²) in [5.74, 6) is -3.09. The summed E-state index contributed by atoms with van der Waals surface area (Å²) in [6.07, 6.45) is -11.0. The fourth-order valence-corrected chi connectivity index (χ4v) is 0.373. The summed E-state index contributed by atoms with van der Waals surface area (Å²) in [5, 5.41) is 7.61. The van der Waals surface area contributed by atoms with Crippen molar-refractivity contribution in [3.63, 3.8) is 0 Å². The van der Waals surface area contributed by atoms with Gasteiger partial charge in [-0.15, -0.1) is 0 Å². The zero-order valence-electron chi connectivity index (χ0n) is 5.91. The van der Waals surface area contributed by atoms with E-state index in [1.807, 2.05) is 0 Å². The van der Waals surface area contributed by atoms with E-state index >= 15 is 0 Å². The van der Waals surface area contributed by atoms with Crippen molar-refractivity contribution >= 4 is 28.6 Å². The van der Waals surface area contributed by atoms with E-state index < -0.39 is 22.1 Å². The third-order valence-electron chi connectivity index (χ3n) is 0.835. The number of carbonyl (C=O) groups is 1. The largest absolute Gasteiger partial charge is 0.475 e. The molecule has 0 unspecified atom stereocenters. The maximum Gasteiger partial charge on any atom is 0.460 e. The van der Waals surface area contributed by atoms with Crippen molar-refractivity contribution < 1.29 is 41.0 Å². The van der Waals surface area contributed by atoms with E-state index in [0.29, 0.717) is 0 Å². The molecule has 0 saturated carbocycles. The van der Waals surface area contributed by atoms with Gasteiger partial charge in [-0.2, -0.15) is 26.3 Å². The van der Waals surface area contributed by atoms with Crippen LogP contribution in [0.5, 0.6) is 0 Å². The van der Waals surface area contributed by atoms with Crippen LogP contribution in [0.4, 0.5) is 26.3 Å². The van der Waals surface area contributed by atoms with Crippen molar-refractivity contribution in [1.82, 2.24) is 0 Å². The summed E-state index contributed by atoms with van der Waals surface area (Å²) in [5.41, 5.74) is 0. The average Bonchev–Trinajstić information content (AvgIpc) is 1.80. The molecule has 3 nitrogen and oxygen atoms in total. The van der Waals surface area contributed by atoms with E-state index in [0.717, 1.165) is 0 Å². The van der Waals surface area contributed by atoms with Crippen LogP contribution in [0.15, 0.2) is 0 Å². The van der Waals surface area contributed by atoms with E-state index in [4.69, 9.17) is 5.11 Å². The lowest BCUT2D eigenvalue weighted by Crippen LogP contribution is -2.46. The summed E-state index contributed by atoms with van der Waals surface area (Å²) in [6, 6.07) is 0. The lowest BCUT2D eigenvalue weighted by atomic mass is 10.6. The molecule has 10 heteroatoms. The summed E-state index contributed by atoms with van der Waals surface area (Å²) < 4.78 is 69.0. The van der Waals surface area contributed by atoms with Gasteiger partial charge in [-0.1, -0.05) is 0 Å². The number of hydrogen-bond donors (Lipinski definition) is 1. The number of halogens is 7. The molecule has 0 aromatic rings. The van der Waals surface area contributed by atoms with Gasteiger partial charge in [0.25, 0.3) is 0 Å². The van der Waals surface area contributed by atoms with Crippen LogP contribution in [0.3, 0.4) is 0 Å². The van der Waals surface area contributed by atoms with Crippen LogP contribution < -0.4 is 0 Å². The fourth-order valence-electron chi connectivity index (χ4n) is 0.263. The molecule has 0 fully saturated rings. The van der Waals surface area contributed by atoms with Crippen molar-refractivity contribution in [3.05, 3.63) is 0 Å². The third-order valence-corrected chi connectivity index (χ3v) is 1.46. The molecule has 84 valence electrons. The third kappa shape index (κ3) is 3.15. The predicted molar refractivity (Wildman–Crippen MR) is 37.6 cm³/mol. The summed E-state index contributed by atoms with van der Waals surface area (Å²) in [7, 11) is 0. The molecule has 0 radical (unpaired) electrons. The minimum absolute atomic E-state index is 0.152. The van der Waals surface area contributed by atoms with Crippen LogP contribution >= 0.6 is 22.6 Å². The molecule has 0 spiro atoms. The van der Waals surface area contributed by atoms with Crippen LogP contribution in [0.25, 0.3) is 0 Å². The number of carboxylic acids is 1. The number of carboxylic acid groups (broad SMARTS) is 1. The van der Waals surface area contributed by atoms with Gasteiger partial charge in [-0.25, -0.2) is 9.53 Å². The van der Waals surface area contributed by atoms with Gasteiger partial charge in [-0.3, -0.25) is 0 Å². The van der Waals surface area contributed by atoms with Gasteiger partial charge >= 0.3 is 22.1 Å². The van der Waals surface area contributed by atoms with Crippen LogP contribution in [0, 0.1) is 0 Å². The zero-order valence-corrected chi connectivity index (χ0v) is 8.07. The maximum atomic E-state index is 12.1. The molecule has 0 heterocycles. The van der Waals surface area contributed by atoms with Gasteiger partial charge in [0.05, 0.1) is 0 Å². The first-order chi connectivity index (χ1) is 5.90. The SMILES string of the molecule is O=C(O)C(F)(F)OC(F)(F)C(F)(F)I. The molecule has 0 amide bonds. The Morgan fingerprint density at radius 3 is 1.71 bits per heavy atom. The van der Waals surface area contributed by atoms with Gasteiger partial charge < -0.3 is 5.11 Å². The molecule has 0 aliphatic heterocycles. The molecule has 0 aliphatic rings. The second kappa shape index (κ2) is 3.72. The van der Waals surface area contributed by atoms with E-state index in [2.05, 4.69) is 4.74 Å². The highest BCUT2D eigenvalue weighted by atomic mass is 127. The van der Waals surface area contributed by atoms with Crippen LogP contribution in [0.1, 0.15) is 0 Å². The Balaban J connectivity index is 4.76. The van der Waals surface area contributed by atoms with Gasteiger partial charge in [0, 0.05) is 22.6 Å². The standard InChI is InChI=1S/C4HF6IO3/c5-2(6,1(12)13)14-4(9,10)3(7,8)11/h(H,12,13). The minimum atomic E-state index is -5.57. The highest BCUT2D eigenvalue weighted by Gasteiger charge is 2.63. The van der Waals surface area contributed by atoms with E-state index in [1.54, 1.807) is 0 Å². The van der Waals surface area contributed by atoms with E-state index in [9.17, 15) is 31.1 Å². The molecular weight excluding hydrogens is 337 g/mol. The number of hydrogen-bond acceptors (Lipinski definition) is 2. The molecule has 1 N–H and O–H groups in total. The predicted octanol–water partition coefficient (Wildman–Crippen LogP) is 2.30. The first-order valence-electron chi connectivity index (χ1n) is 2.66. The van der Waals surface area contributed by atoms with Crippen molar-refractivity contribution in [2.45, 2.75) is 16.1 Å². The molecule has 0 aliphatic carbocycles. The lowest BCUT2D eigenvalue weighted by molar-refractivity contribution is -0.397. The molecule has 14 heavy (non-hydrogen) atoms. The first kappa shape index (κ1) is 13.7. The topological polar surface area (TPSA) is 46.5 Å². The monoisotopic (exact) mass is 338 g/mol. The second-order valence-corrected chi connectivity index (χ2v) is 3.29. The summed E-state index contributed by atoms with van der Waals surface area (Å²) >= 11 is -0.152. The fraction of sp³-hybridized carbons (Fsp3) is 0.750. The normalized spacial score (nSPS) is 14.2. The van der Waals surface area contributed by atoms with Crippen molar-refractivity contribution in [2.24, 2.45) is 0 Å². The Morgan fingerprint density at radius 1 is 1.14 bits per heavy atom. The summed E-state index contributed by atoms with van der Waals surface area (Å²) in [6.45, 7) is 0. The molecule has 0 aromatic heterocycles. The first-order valence-corrected chi connectivity index (χ1v) is 3.74. The van der Waals surface area contributed by atoms with Crippen molar-refractivity contribution in [1.29, 1.82) is 0 Å². The zero-order chi connectivity index (χ0) is 11.8. The number of ether oxygens (including phenoxy) is 1. The molecule has 0 atom stereocenters. The average molecular weight is 338 g/mol. The second-order valence-electron chi connectivity index (χ2n) is 1.94. The van der Waals surface area contributed by atoms with Crippen molar-refractivity contribution in [3.8, 4) is 0 Å². The molecular formula is C4HF6IO3. The maximum absolute atomic E-state index is 12.1. The molecule has 0 saturated heterocycles. The summed E-state index contributed by atoms with van der Waals surface area (Å²) in [4.78, 5) is 9.57. The Morgan fingerprint density at radius 2 is 1.50 bits per heavy atom. The Bertz CT molecular complexity index is 236. The van der Waals surface area contributed by atoms with Gasteiger partial charge in [0.15, 0.2) is 0 Å². The van der Waals surface area contributed by atoms with Crippen LogP contribution in [0.2, 0.25) is 0 Å². The van der Waals surface area contributed by atoms with Crippen LogP contribution in [-0.2, 0) is 9.53 Å². The number of aliphatic carboxylic acids is 1. The van der Waals surface area contributed by atoms with Gasteiger partial charge in [-0.05, 0) is 0 Å². The van der Waals surface area contributed by atoms with Crippen LogP contribution in [-0.4, -0.2) is 27.2 Å². The lowest BCUT2D eigenvalue weighted by Gasteiger charge is -2.23. The Kier molecular flexibility index (Phi) is 3.65. The van der Waals surface area contributed by atoms with E-state index in [-0.39, 0.29) is 22.6 Å². The minimum Gasteiger partial charge on any atom is -0.475 e. The molecule has 0 aromatic carbocycles. The highest BCUT2D eigenvalue weighted by Crippen LogP contribution is 2.43. The van der Waals surface area contributed by atoms with Crippen molar-refractivity contribution in [2.75, 3.05) is 0 Å². The molecule has 0 bridgehead atoms.